The molecule has 5 rings (SSSR count). The van der Waals surface area contributed by atoms with Gasteiger partial charge in [-0.3, -0.25) is 9.80 Å². The van der Waals surface area contributed by atoms with Crippen molar-refractivity contribution in [1.29, 1.82) is 0 Å². The van der Waals surface area contributed by atoms with Crippen LogP contribution in [0.25, 0.3) is 0 Å². The molecule has 6 heteroatoms. The number of urea groups is 1. The summed E-state index contributed by atoms with van der Waals surface area (Å²) in [5.74, 6) is 1.60. The smallest absolute Gasteiger partial charge is 0.324 e. The second kappa shape index (κ2) is 10.1. The van der Waals surface area contributed by atoms with Crippen molar-refractivity contribution in [3.8, 4) is 11.5 Å². The minimum absolute atomic E-state index is 0.159. The zero-order valence-electron chi connectivity index (χ0n) is 19.7. The minimum atomic E-state index is 0.159. The summed E-state index contributed by atoms with van der Waals surface area (Å²) in [4.78, 5) is 22.4. The van der Waals surface area contributed by atoms with Crippen LogP contribution in [-0.4, -0.2) is 79.1 Å². The van der Waals surface area contributed by atoms with Crippen LogP contribution >= 0.6 is 0 Å². The third kappa shape index (κ3) is 5.17. The number of benzene rings is 2. The molecule has 176 valence electrons. The predicted molar refractivity (Wildman–Crippen MR) is 132 cm³/mol. The van der Waals surface area contributed by atoms with Crippen molar-refractivity contribution in [1.82, 2.24) is 14.7 Å². The SMILES string of the molecule is CN1CCCN(C2CCC(N3CCN(c4ccc(Oc5ccccc5)cc4)C3=O)CC2)CC1. The van der Waals surface area contributed by atoms with Gasteiger partial charge in [-0.15, -0.1) is 0 Å². The molecule has 2 aromatic rings. The number of amides is 2. The van der Waals surface area contributed by atoms with Crippen molar-refractivity contribution in [2.75, 3.05) is 51.2 Å². The van der Waals surface area contributed by atoms with E-state index < -0.39 is 0 Å². The first-order valence-electron chi connectivity index (χ1n) is 12.5. The Hall–Kier alpha value is -2.57. The van der Waals surface area contributed by atoms with Crippen LogP contribution in [0.5, 0.6) is 11.5 Å². The van der Waals surface area contributed by atoms with E-state index in [4.69, 9.17) is 4.74 Å². The zero-order valence-corrected chi connectivity index (χ0v) is 19.7. The molecule has 2 saturated heterocycles. The Morgan fingerprint density at radius 1 is 0.727 bits per heavy atom. The molecule has 1 aliphatic carbocycles. The van der Waals surface area contributed by atoms with E-state index in [0.717, 1.165) is 43.1 Å². The Balaban J connectivity index is 1.15. The summed E-state index contributed by atoms with van der Waals surface area (Å²) in [6, 6.07) is 18.9. The largest absolute Gasteiger partial charge is 0.457 e. The van der Waals surface area contributed by atoms with E-state index in [-0.39, 0.29) is 6.03 Å². The van der Waals surface area contributed by atoms with Crippen LogP contribution in [-0.2, 0) is 0 Å². The van der Waals surface area contributed by atoms with Crippen LogP contribution in [0, 0.1) is 0 Å². The predicted octanol–water partition coefficient (Wildman–Crippen LogP) is 4.67. The molecule has 33 heavy (non-hydrogen) atoms. The first-order valence-corrected chi connectivity index (χ1v) is 12.5. The summed E-state index contributed by atoms with van der Waals surface area (Å²) in [7, 11) is 2.23. The maximum Gasteiger partial charge on any atom is 0.324 e. The molecule has 6 nitrogen and oxygen atoms in total. The first kappa shape index (κ1) is 22.2. The number of nitrogens with zero attached hydrogens (tertiary/aromatic N) is 4. The topological polar surface area (TPSA) is 39.3 Å². The standard InChI is InChI=1S/C27H36N4O2/c1-28-16-5-17-29(19-18-28)22-8-10-23(11-9-22)30-20-21-31(27(30)32)24-12-14-26(15-13-24)33-25-6-3-2-4-7-25/h2-4,6-7,12-15,22-23H,5,8-11,16-21H2,1H3. The molecule has 1 saturated carbocycles. The number of likely N-dealkylation sites (N-methyl/N-ethyl adjacent to an activating group) is 1. The van der Waals surface area contributed by atoms with Crippen LogP contribution in [0.4, 0.5) is 10.5 Å². The monoisotopic (exact) mass is 448 g/mol. The number of hydrogen-bond donors (Lipinski definition) is 0. The summed E-state index contributed by atoms with van der Waals surface area (Å²) >= 11 is 0. The van der Waals surface area contributed by atoms with Gasteiger partial charge in [-0.05, 0) is 88.6 Å². The number of anilines is 1. The molecule has 0 bridgehead atoms. The number of carbonyl (C=O) groups is 1. The molecule has 0 radical (unpaired) electrons. The highest BCUT2D eigenvalue weighted by Crippen LogP contribution is 2.32. The van der Waals surface area contributed by atoms with E-state index in [1.807, 2.05) is 59.5 Å². The van der Waals surface area contributed by atoms with Crippen LogP contribution < -0.4 is 9.64 Å². The average Bonchev–Trinajstić information content (AvgIpc) is 3.09. The minimum Gasteiger partial charge on any atom is -0.457 e. The van der Waals surface area contributed by atoms with Gasteiger partial charge in [0, 0.05) is 44.0 Å². The van der Waals surface area contributed by atoms with Crippen LogP contribution in [0.15, 0.2) is 54.6 Å². The summed E-state index contributed by atoms with van der Waals surface area (Å²) in [5, 5.41) is 0. The Morgan fingerprint density at radius 2 is 1.42 bits per heavy atom. The van der Waals surface area contributed by atoms with Crippen LogP contribution in [0.3, 0.4) is 0 Å². The van der Waals surface area contributed by atoms with E-state index in [9.17, 15) is 4.79 Å². The van der Waals surface area contributed by atoms with Crippen LogP contribution in [0.1, 0.15) is 32.1 Å². The molecule has 0 spiro atoms. The lowest BCUT2D eigenvalue weighted by molar-refractivity contribution is 0.118. The lowest BCUT2D eigenvalue weighted by Gasteiger charge is -2.39. The van der Waals surface area contributed by atoms with Gasteiger partial charge in [-0.25, -0.2) is 4.79 Å². The fourth-order valence-electron chi connectivity index (χ4n) is 5.62. The Bertz CT molecular complexity index is 911. The van der Waals surface area contributed by atoms with Gasteiger partial charge in [-0.2, -0.15) is 0 Å². The maximum atomic E-state index is 13.3. The normalized spacial score (nSPS) is 25.3. The summed E-state index contributed by atoms with van der Waals surface area (Å²) in [6.45, 7) is 6.38. The fourth-order valence-corrected chi connectivity index (χ4v) is 5.62. The van der Waals surface area contributed by atoms with Crippen molar-refractivity contribution in [3.63, 3.8) is 0 Å². The molecule has 2 aliphatic heterocycles. The zero-order chi connectivity index (χ0) is 22.6. The molecule has 0 N–H and O–H groups in total. The highest BCUT2D eigenvalue weighted by molar-refractivity contribution is 5.94. The molecule has 0 aromatic heterocycles. The van der Waals surface area contributed by atoms with Crippen LogP contribution in [0.2, 0.25) is 0 Å². The Kier molecular flexibility index (Phi) is 6.83. The van der Waals surface area contributed by atoms with Crippen molar-refractivity contribution < 1.29 is 9.53 Å². The quantitative estimate of drug-likeness (QED) is 0.666. The molecule has 3 aliphatic rings. The number of rotatable bonds is 5. The van der Waals surface area contributed by atoms with Gasteiger partial charge in [0.15, 0.2) is 0 Å². The Morgan fingerprint density at radius 3 is 2.18 bits per heavy atom. The Labute approximate surface area is 197 Å². The molecule has 2 aromatic carbocycles. The molecule has 0 atom stereocenters. The van der Waals surface area contributed by atoms with Gasteiger partial charge in [0.25, 0.3) is 0 Å². The third-order valence-corrected chi connectivity index (χ3v) is 7.55. The van der Waals surface area contributed by atoms with Gasteiger partial charge < -0.3 is 14.5 Å². The van der Waals surface area contributed by atoms with Gasteiger partial charge in [0.05, 0.1) is 0 Å². The van der Waals surface area contributed by atoms with E-state index in [0.29, 0.717) is 12.1 Å². The van der Waals surface area contributed by atoms with Gasteiger partial charge in [0.1, 0.15) is 11.5 Å². The van der Waals surface area contributed by atoms with Crippen molar-refractivity contribution >= 4 is 11.7 Å². The highest BCUT2D eigenvalue weighted by Gasteiger charge is 2.37. The van der Waals surface area contributed by atoms with E-state index >= 15 is 0 Å². The number of carbonyl (C=O) groups excluding carboxylic acids is 1. The van der Waals surface area contributed by atoms with E-state index in [1.165, 1.54) is 45.4 Å². The average molecular weight is 449 g/mol. The lowest BCUT2D eigenvalue weighted by Crippen LogP contribution is -2.46. The second-order valence-electron chi connectivity index (χ2n) is 9.69. The highest BCUT2D eigenvalue weighted by atomic mass is 16.5. The number of para-hydroxylation sites is 1. The van der Waals surface area contributed by atoms with Crippen molar-refractivity contribution in [2.24, 2.45) is 0 Å². The number of hydrogen-bond acceptors (Lipinski definition) is 4. The second-order valence-corrected chi connectivity index (χ2v) is 9.69. The molecule has 3 fully saturated rings. The third-order valence-electron chi connectivity index (χ3n) is 7.55. The molecule has 2 amide bonds. The fraction of sp³-hybridized carbons (Fsp3) is 0.519. The van der Waals surface area contributed by atoms with E-state index in [1.54, 1.807) is 0 Å². The molecule has 2 heterocycles. The van der Waals surface area contributed by atoms with Gasteiger partial charge >= 0.3 is 6.03 Å². The van der Waals surface area contributed by atoms with Crippen molar-refractivity contribution in [2.45, 2.75) is 44.2 Å². The molecule has 0 unspecified atom stereocenters. The van der Waals surface area contributed by atoms with Gasteiger partial charge in [-0.1, -0.05) is 18.2 Å². The first-order chi connectivity index (χ1) is 16.2. The number of ether oxygens (including phenoxy) is 1. The van der Waals surface area contributed by atoms with E-state index in [2.05, 4.69) is 21.7 Å². The summed E-state index contributed by atoms with van der Waals surface area (Å²) in [6.07, 6.45) is 5.94. The maximum absolute atomic E-state index is 13.3. The summed E-state index contributed by atoms with van der Waals surface area (Å²) in [5.41, 5.74) is 0.949. The summed E-state index contributed by atoms with van der Waals surface area (Å²) < 4.78 is 5.89. The molecular weight excluding hydrogens is 412 g/mol. The van der Waals surface area contributed by atoms with Crippen molar-refractivity contribution in [3.05, 3.63) is 54.6 Å². The molecular formula is C27H36N4O2. The lowest BCUT2D eigenvalue weighted by atomic mass is 9.89. The van der Waals surface area contributed by atoms with Gasteiger partial charge in [0.2, 0.25) is 0 Å².